The molecule has 0 saturated carbocycles. The monoisotopic (exact) mass is 569 g/mol. The first-order valence-corrected chi connectivity index (χ1v) is 16.0. The van der Waals surface area contributed by atoms with Crippen LogP contribution in [0.4, 0.5) is 5.69 Å². The van der Waals surface area contributed by atoms with E-state index < -0.39 is 0 Å². The van der Waals surface area contributed by atoms with Crippen molar-refractivity contribution in [1.82, 2.24) is 0 Å². The maximum absolute atomic E-state index is 12.9. The van der Waals surface area contributed by atoms with Crippen molar-refractivity contribution in [2.24, 2.45) is 0 Å². The Balaban J connectivity index is 1.37. The number of anilines is 1. The van der Waals surface area contributed by atoms with Crippen molar-refractivity contribution in [3.8, 4) is 5.75 Å². The number of ether oxygens (including phenoxy) is 1. The molecule has 0 bridgehead atoms. The Morgan fingerprint density at radius 2 is 1.59 bits per heavy atom. The normalized spacial score (nSPS) is 11.1. The number of benzene rings is 2. The fourth-order valence-electron chi connectivity index (χ4n) is 4.84. The highest BCUT2D eigenvalue weighted by atomic mass is 35.5. The number of hydrogen-bond donors (Lipinski definition) is 1. The number of carbonyl (C=O) groups excluding carboxylic acids is 1. The second-order valence-electron chi connectivity index (χ2n) is 10.5. The van der Waals surface area contributed by atoms with Gasteiger partial charge in [0, 0.05) is 16.8 Å². The molecule has 0 aliphatic rings. The van der Waals surface area contributed by atoms with Gasteiger partial charge in [-0.3, -0.25) is 4.79 Å². The largest absolute Gasteiger partial charge is 0.492 e. The molecule has 0 atom stereocenters. The lowest BCUT2D eigenvalue weighted by molar-refractivity contribution is -0.683. The Morgan fingerprint density at radius 1 is 0.923 bits per heavy atom. The number of carbonyl (C=O) groups is 1. The quantitative estimate of drug-likeness (QED) is 0.115. The molecule has 3 aromatic rings. The molecule has 0 aliphatic heterocycles. The molecule has 0 fully saturated rings. The van der Waals surface area contributed by atoms with Crippen LogP contribution in [0.15, 0.2) is 54.2 Å². The van der Waals surface area contributed by atoms with Gasteiger partial charge in [-0.05, 0) is 31.5 Å². The maximum atomic E-state index is 12.9. The van der Waals surface area contributed by atoms with Gasteiger partial charge in [-0.15, -0.1) is 0 Å². The summed E-state index contributed by atoms with van der Waals surface area (Å²) in [5.74, 6) is 0.555. The number of nitrogens with one attached hydrogen (secondary N) is 1. The SMILES string of the molecule is CCCCCCCCCCCCCCOc1c(Cl)cccc1CC(=O)Nc1cccc(C[n+]2csc(C)c2)c1. The smallest absolute Gasteiger partial charge is 0.228 e. The summed E-state index contributed by atoms with van der Waals surface area (Å²) in [5, 5.41) is 3.60. The van der Waals surface area contributed by atoms with Gasteiger partial charge < -0.3 is 10.1 Å². The molecule has 0 spiro atoms. The van der Waals surface area contributed by atoms with Crippen LogP contribution < -0.4 is 14.6 Å². The predicted octanol–water partition coefficient (Wildman–Crippen LogP) is 9.31. The number of nitrogens with zero attached hydrogens (tertiary/aromatic N) is 1. The molecule has 6 heteroatoms. The molecule has 1 aromatic heterocycles. The number of halogens is 1. The van der Waals surface area contributed by atoms with Crippen LogP contribution in [0.2, 0.25) is 5.02 Å². The van der Waals surface area contributed by atoms with Gasteiger partial charge >= 0.3 is 0 Å². The second kappa shape index (κ2) is 18.1. The summed E-state index contributed by atoms with van der Waals surface area (Å²) in [7, 11) is 0. The van der Waals surface area contributed by atoms with E-state index >= 15 is 0 Å². The van der Waals surface area contributed by atoms with Gasteiger partial charge in [0.05, 0.1) is 22.9 Å². The van der Waals surface area contributed by atoms with Gasteiger partial charge in [0.1, 0.15) is 5.75 Å². The summed E-state index contributed by atoms with van der Waals surface area (Å²) < 4.78 is 8.24. The van der Waals surface area contributed by atoms with Crippen molar-refractivity contribution in [3.05, 3.63) is 75.2 Å². The molecule has 1 heterocycles. The van der Waals surface area contributed by atoms with Crippen LogP contribution >= 0.6 is 22.9 Å². The molecule has 1 amide bonds. The first-order chi connectivity index (χ1) is 19.0. The summed E-state index contributed by atoms with van der Waals surface area (Å²) >= 11 is 8.19. The molecule has 4 nitrogen and oxygen atoms in total. The first-order valence-electron chi connectivity index (χ1n) is 14.8. The molecule has 1 N–H and O–H groups in total. The number of unbranched alkanes of at least 4 members (excludes halogenated alkanes) is 11. The third-order valence-electron chi connectivity index (χ3n) is 6.94. The average Bonchev–Trinajstić information content (AvgIpc) is 3.32. The third kappa shape index (κ3) is 12.1. The minimum absolute atomic E-state index is 0.0799. The summed E-state index contributed by atoms with van der Waals surface area (Å²) in [5.41, 5.74) is 4.87. The Bertz CT molecular complexity index is 1130. The van der Waals surface area contributed by atoms with E-state index in [0.717, 1.165) is 36.2 Å². The number of hydrogen-bond acceptors (Lipinski definition) is 3. The number of aryl methyl sites for hydroxylation is 1. The van der Waals surface area contributed by atoms with Crippen LogP contribution in [0.5, 0.6) is 5.75 Å². The molecule has 39 heavy (non-hydrogen) atoms. The van der Waals surface area contributed by atoms with E-state index in [2.05, 4.69) is 41.5 Å². The number of amides is 1. The van der Waals surface area contributed by atoms with Crippen LogP contribution in [0.25, 0.3) is 0 Å². The van der Waals surface area contributed by atoms with Gasteiger partial charge in [-0.2, -0.15) is 4.57 Å². The first kappa shape index (κ1) is 31.2. The zero-order valence-corrected chi connectivity index (χ0v) is 25.4. The Hall–Kier alpha value is -2.37. The minimum Gasteiger partial charge on any atom is -0.492 e. The lowest BCUT2D eigenvalue weighted by Gasteiger charge is -2.13. The molecular formula is C33H46ClN2O2S+. The van der Waals surface area contributed by atoms with Gasteiger partial charge in [0.25, 0.3) is 0 Å². The van der Waals surface area contributed by atoms with E-state index in [1.807, 2.05) is 36.4 Å². The van der Waals surface area contributed by atoms with Crippen molar-refractivity contribution in [2.45, 2.75) is 104 Å². The van der Waals surface area contributed by atoms with E-state index in [9.17, 15) is 4.79 Å². The van der Waals surface area contributed by atoms with Gasteiger partial charge in [-0.1, -0.05) is 125 Å². The Labute approximate surface area is 244 Å². The number of thiazole rings is 1. The predicted molar refractivity (Wildman–Crippen MR) is 165 cm³/mol. The summed E-state index contributed by atoms with van der Waals surface area (Å²) in [6.07, 6.45) is 18.1. The summed E-state index contributed by atoms with van der Waals surface area (Å²) in [4.78, 5) is 14.2. The van der Waals surface area contributed by atoms with Crippen LogP contribution in [-0.2, 0) is 17.8 Å². The lowest BCUT2D eigenvalue weighted by Crippen LogP contribution is -2.30. The van der Waals surface area contributed by atoms with Gasteiger partial charge in [0.15, 0.2) is 12.7 Å². The van der Waals surface area contributed by atoms with Gasteiger partial charge in [0.2, 0.25) is 11.4 Å². The lowest BCUT2D eigenvalue weighted by atomic mass is 10.1. The zero-order valence-electron chi connectivity index (χ0n) is 23.9. The van der Waals surface area contributed by atoms with E-state index in [0.29, 0.717) is 17.4 Å². The summed E-state index contributed by atoms with van der Waals surface area (Å²) in [6, 6.07) is 13.6. The van der Waals surface area contributed by atoms with Crippen molar-refractivity contribution >= 4 is 34.5 Å². The standard InChI is InChI=1S/C33H45ClN2O2S/c1-3-4-5-6-7-8-9-10-11-12-13-14-21-38-33-29(18-16-20-31(33)34)23-32(37)35-30-19-15-17-28(22-30)25-36-24-27(2)39-26-36/h15-20,22,24,26H,3-14,21,23,25H2,1-2H3/p+1. The molecule has 3 rings (SSSR count). The van der Waals surface area contributed by atoms with Crippen molar-refractivity contribution in [2.75, 3.05) is 11.9 Å². The molecular weight excluding hydrogens is 524 g/mol. The van der Waals surface area contributed by atoms with Crippen molar-refractivity contribution in [1.29, 1.82) is 0 Å². The van der Waals surface area contributed by atoms with Crippen molar-refractivity contribution in [3.63, 3.8) is 0 Å². The fraction of sp³-hybridized carbons (Fsp3) is 0.515. The van der Waals surface area contributed by atoms with E-state index in [4.69, 9.17) is 16.3 Å². The average molecular weight is 570 g/mol. The molecule has 212 valence electrons. The maximum Gasteiger partial charge on any atom is 0.228 e. The highest BCUT2D eigenvalue weighted by molar-refractivity contribution is 7.09. The van der Waals surface area contributed by atoms with E-state index in [-0.39, 0.29) is 12.3 Å². The fourth-order valence-corrected chi connectivity index (χ4v) is 5.72. The minimum atomic E-state index is -0.0799. The summed E-state index contributed by atoms with van der Waals surface area (Å²) in [6.45, 7) is 5.77. The van der Waals surface area contributed by atoms with Crippen LogP contribution in [0.3, 0.4) is 0 Å². The Morgan fingerprint density at radius 3 is 2.26 bits per heavy atom. The van der Waals surface area contributed by atoms with Crippen LogP contribution in [0.1, 0.15) is 100.0 Å². The second-order valence-corrected chi connectivity index (χ2v) is 12.0. The van der Waals surface area contributed by atoms with Crippen LogP contribution in [-0.4, -0.2) is 12.5 Å². The number of para-hydroxylation sites is 1. The van der Waals surface area contributed by atoms with E-state index in [1.165, 1.54) is 69.1 Å². The molecule has 2 aromatic carbocycles. The molecule has 0 radical (unpaired) electrons. The zero-order chi connectivity index (χ0) is 27.7. The topological polar surface area (TPSA) is 42.2 Å². The Kier molecular flexibility index (Phi) is 14.4. The highest BCUT2D eigenvalue weighted by Gasteiger charge is 2.13. The number of aromatic nitrogens is 1. The van der Waals surface area contributed by atoms with E-state index in [1.54, 1.807) is 11.3 Å². The van der Waals surface area contributed by atoms with Crippen LogP contribution in [0, 0.1) is 6.92 Å². The molecule has 0 unspecified atom stereocenters. The highest BCUT2D eigenvalue weighted by Crippen LogP contribution is 2.29. The number of rotatable bonds is 19. The molecule has 0 aliphatic carbocycles. The van der Waals surface area contributed by atoms with Gasteiger partial charge in [-0.25, -0.2) is 0 Å². The molecule has 0 saturated heterocycles. The third-order valence-corrected chi connectivity index (χ3v) is 8.09. The van der Waals surface area contributed by atoms with Crippen molar-refractivity contribution < 1.29 is 14.1 Å².